The topological polar surface area (TPSA) is 51.2 Å². The van der Waals surface area contributed by atoms with Crippen molar-refractivity contribution in [2.24, 2.45) is 0 Å². The maximum Gasteiger partial charge on any atom is 0.573 e. The standard InChI is InChI=1S/C17H15F3N2O2/c18-17(19,20)24-14-3-1-2-13(8-14)16(23)22-10-11-4-7-15(21-9-11)12-5-6-12/h1-4,7-9,12H,5-6,10H2,(H,22,23). The maximum atomic E-state index is 12.2. The highest BCUT2D eigenvalue weighted by atomic mass is 19.4. The Morgan fingerprint density at radius 1 is 1.25 bits per heavy atom. The van der Waals surface area contributed by atoms with E-state index in [1.807, 2.05) is 12.1 Å². The molecule has 1 amide bonds. The molecule has 1 aromatic carbocycles. The fourth-order valence-corrected chi connectivity index (χ4v) is 2.28. The average molecular weight is 336 g/mol. The molecule has 1 fully saturated rings. The van der Waals surface area contributed by atoms with Crippen LogP contribution >= 0.6 is 0 Å². The van der Waals surface area contributed by atoms with Crippen molar-refractivity contribution in [1.29, 1.82) is 0 Å². The van der Waals surface area contributed by atoms with E-state index in [4.69, 9.17) is 0 Å². The number of amides is 1. The molecule has 24 heavy (non-hydrogen) atoms. The van der Waals surface area contributed by atoms with E-state index in [0.29, 0.717) is 5.92 Å². The van der Waals surface area contributed by atoms with E-state index in [0.717, 1.165) is 23.4 Å². The molecular formula is C17H15F3N2O2. The van der Waals surface area contributed by atoms with Crippen LogP contribution in [0.1, 0.15) is 40.4 Å². The highest BCUT2D eigenvalue weighted by Crippen LogP contribution is 2.38. The molecule has 126 valence electrons. The van der Waals surface area contributed by atoms with E-state index in [9.17, 15) is 18.0 Å². The van der Waals surface area contributed by atoms with Crippen LogP contribution in [0.15, 0.2) is 42.6 Å². The first-order valence-electron chi connectivity index (χ1n) is 7.49. The van der Waals surface area contributed by atoms with Crippen molar-refractivity contribution in [2.45, 2.75) is 31.7 Å². The number of ether oxygens (including phenoxy) is 1. The molecule has 7 heteroatoms. The lowest BCUT2D eigenvalue weighted by atomic mass is 10.2. The summed E-state index contributed by atoms with van der Waals surface area (Å²) < 4.78 is 40.4. The number of carbonyl (C=O) groups is 1. The van der Waals surface area contributed by atoms with E-state index in [1.165, 1.54) is 25.0 Å². The number of nitrogens with zero attached hydrogens (tertiary/aromatic N) is 1. The van der Waals surface area contributed by atoms with Crippen LogP contribution in [-0.4, -0.2) is 17.3 Å². The molecule has 0 atom stereocenters. The number of halogens is 3. The van der Waals surface area contributed by atoms with Gasteiger partial charge in [-0.25, -0.2) is 0 Å². The summed E-state index contributed by atoms with van der Waals surface area (Å²) in [5.41, 5.74) is 1.98. The van der Waals surface area contributed by atoms with Gasteiger partial charge in [0.15, 0.2) is 0 Å². The Bertz CT molecular complexity index is 725. The minimum absolute atomic E-state index is 0.0966. The largest absolute Gasteiger partial charge is 0.573 e. The molecule has 1 saturated carbocycles. The third-order valence-electron chi connectivity index (χ3n) is 3.63. The SMILES string of the molecule is O=C(NCc1ccc(C2CC2)nc1)c1cccc(OC(F)(F)F)c1. The fraction of sp³-hybridized carbons (Fsp3) is 0.294. The lowest BCUT2D eigenvalue weighted by molar-refractivity contribution is -0.274. The number of benzene rings is 1. The molecule has 2 aromatic rings. The molecule has 0 aliphatic heterocycles. The summed E-state index contributed by atoms with van der Waals surface area (Å²) in [6.45, 7) is 0.251. The molecule has 0 bridgehead atoms. The van der Waals surface area contributed by atoms with Crippen molar-refractivity contribution in [3.8, 4) is 5.75 Å². The van der Waals surface area contributed by atoms with Gasteiger partial charge in [-0.05, 0) is 42.7 Å². The first-order chi connectivity index (χ1) is 11.4. The van der Waals surface area contributed by atoms with Gasteiger partial charge in [0.1, 0.15) is 5.75 Å². The van der Waals surface area contributed by atoms with Crippen molar-refractivity contribution in [3.05, 3.63) is 59.4 Å². The van der Waals surface area contributed by atoms with Crippen LogP contribution in [0.25, 0.3) is 0 Å². The number of alkyl halides is 3. The number of nitrogens with one attached hydrogen (secondary N) is 1. The molecule has 0 unspecified atom stereocenters. The Morgan fingerprint density at radius 2 is 2.04 bits per heavy atom. The highest BCUT2D eigenvalue weighted by Gasteiger charge is 2.31. The van der Waals surface area contributed by atoms with Crippen molar-refractivity contribution in [1.82, 2.24) is 10.3 Å². The zero-order valence-corrected chi connectivity index (χ0v) is 12.6. The van der Waals surface area contributed by atoms with Gasteiger partial charge in [0.05, 0.1) is 0 Å². The molecule has 1 aliphatic rings. The van der Waals surface area contributed by atoms with Crippen LogP contribution in [0.3, 0.4) is 0 Å². The lowest BCUT2D eigenvalue weighted by Gasteiger charge is -2.10. The molecule has 1 N–H and O–H groups in total. The zero-order chi connectivity index (χ0) is 17.2. The fourth-order valence-electron chi connectivity index (χ4n) is 2.28. The number of pyridine rings is 1. The third-order valence-corrected chi connectivity index (χ3v) is 3.63. The quantitative estimate of drug-likeness (QED) is 0.904. The first-order valence-corrected chi connectivity index (χ1v) is 7.49. The summed E-state index contributed by atoms with van der Waals surface area (Å²) in [6, 6.07) is 8.79. The van der Waals surface area contributed by atoms with E-state index in [2.05, 4.69) is 15.0 Å². The number of aromatic nitrogens is 1. The number of hydrogen-bond donors (Lipinski definition) is 1. The van der Waals surface area contributed by atoms with E-state index < -0.39 is 18.0 Å². The Balaban J connectivity index is 1.59. The average Bonchev–Trinajstić information content (AvgIpc) is 3.36. The van der Waals surface area contributed by atoms with Gasteiger partial charge in [0, 0.05) is 29.9 Å². The molecule has 4 nitrogen and oxygen atoms in total. The lowest BCUT2D eigenvalue weighted by Crippen LogP contribution is -2.23. The van der Waals surface area contributed by atoms with Gasteiger partial charge in [-0.15, -0.1) is 13.2 Å². The van der Waals surface area contributed by atoms with Crippen molar-refractivity contribution < 1.29 is 22.7 Å². The predicted molar refractivity (Wildman–Crippen MR) is 80.5 cm³/mol. The number of hydrogen-bond acceptors (Lipinski definition) is 3. The van der Waals surface area contributed by atoms with Crippen LogP contribution in [0, 0.1) is 0 Å². The normalized spacial score (nSPS) is 14.3. The first kappa shape index (κ1) is 16.3. The van der Waals surface area contributed by atoms with Crippen LogP contribution in [0.4, 0.5) is 13.2 Å². The van der Waals surface area contributed by atoms with E-state index >= 15 is 0 Å². The van der Waals surface area contributed by atoms with Crippen LogP contribution < -0.4 is 10.1 Å². The van der Waals surface area contributed by atoms with Gasteiger partial charge in [0.2, 0.25) is 0 Å². The van der Waals surface area contributed by atoms with Gasteiger partial charge in [0.25, 0.3) is 5.91 Å². The van der Waals surface area contributed by atoms with Crippen molar-refractivity contribution in [2.75, 3.05) is 0 Å². The number of carbonyl (C=O) groups excluding carboxylic acids is 1. The smallest absolute Gasteiger partial charge is 0.406 e. The summed E-state index contributed by atoms with van der Waals surface area (Å²) in [5, 5.41) is 2.65. The van der Waals surface area contributed by atoms with E-state index in [-0.39, 0.29) is 12.1 Å². The molecule has 1 aromatic heterocycles. The van der Waals surface area contributed by atoms with Gasteiger partial charge in [-0.2, -0.15) is 0 Å². The van der Waals surface area contributed by atoms with Gasteiger partial charge < -0.3 is 10.1 Å². The summed E-state index contributed by atoms with van der Waals surface area (Å²) in [5.74, 6) is -0.343. The van der Waals surface area contributed by atoms with Crippen molar-refractivity contribution >= 4 is 5.91 Å². The third kappa shape index (κ3) is 4.47. The second kappa shape index (κ2) is 6.51. The molecule has 0 spiro atoms. The van der Waals surface area contributed by atoms with Gasteiger partial charge in [-0.1, -0.05) is 12.1 Å². The minimum Gasteiger partial charge on any atom is -0.406 e. The van der Waals surface area contributed by atoms with Crippen LogP contribution in [0.2, 0.25) is 0 Å². The molecule has 0 radical (unpaired) electrons. The maximum absolute atomic E-state index is 12.2. The highest BCUT2D eigenvalue weighted by molar-refractivity contribution is 5.94. The molecular weight excluding hydrogens is 321 g/mol. The summed E-state index contributed by atoms with van der Waals surface area (Å²) in [6.07, 6.45) is -0.750. The second-order valence-electron chi connectivity index (χ2n) is 5.62. The number of rotatable bonds is 5. The summed E-state index contributed by atoms with van der Waals surface area (Å²) >= 11 is 0. The Kier molecular flexibility index (Phi) is 4.42. The Morgan fingerprint density at radius 3 is 2.67 bits per heavy atom. The molecule has 1 heterocycles. The monoisotopic (exact) mass is 336 g/mol. The van der Waals surface area contributed by atoms with Gasteiger partial charge >= 0.3 is 6.36 Å². The summed E-state index contributed by atoms with van der Waals surface area (Å²) in [4.78, 5) is 16.4. The van der Waals surface area contributed by atoms with Crippen LogP contribution in [-0.2, 0) is 6.54 Å². The Hall–Kier alpha value is -2.57. The minimum atomic E-state index is -4.79. The zero-order valence-electron chi connectivity index (χ0n) is 12.6. The summed E-state index contributed by atoms with van der Waals surface area (Å²) in [7, 11) is 0. The second-order valence-corrected chi connectivity index (χ2v) is 5.62. The van der Waals surface area contributed by atoms with Gasteiger partial charge in [-0.3, -0.25) is 9.78 Å². The van der Waals surface area contributed by atoms with Crippen molar-refractivity contribution in [3.63, 3.8) is 0 Å². The van der Waals surface area contributed by atoms with Crippen LogP contribution in [0.5, 0.6) is 5.75 Å². The molecule has 1 aliphatic carbocycles. The molecule has 0 saturated heterocycles. The van der Waals surface area contributed by atoms with E-state index in [1.54, 1.807) is 6.20 Å². The Labute approximate surface area is 136 Å². The predicted octanol–water partition coefficient (Wildman–Crippen LogP) is 3.79. The molecule has 3 rings (SSSR count).